The molecule has 3 fully saturated rings. The van der Waals surface area contributed by atoms with E-state index in [1.54, 1.807) is 0 Å². The fourth-order valence-electron chi connectivity index (χ4n) is 8.27. The molecule has 0 bridgehead atoms. The molecule has 1 unspecified atom stereocenters. The summed E-state index contributed by atoms with van der Waals surface area (Å²) in [6, 6.07) is 11.1. The molecule has 4 aliphatic rings. The molecular weight excluding hydrogens is 342 g/mol. The molecule has 1 heterocycles. The van der Waals surface area contributed by atoms with Gasteiger partial charge in [0.05, 0.1) is 17.3 Å². The summed E-state index contributed by atoms with van der Waals surface area (Å²) < 4.78 is 0. The van der Waals surface area contributed by atoms with Crippen molar-refractivity contribution in [2.45, 2.75) is 76.7 Å². The van der Waals surface area contributed by atoms with Crippen LogP contribution in [0.5, 0.6) is 0 Å². The zero-order valence-corrected chi connectivity index (χ0v) is 17.3. The van der Waals surface area contributed by atoms with Gasteiger partial charge in [-0.15, -0.1) is 0 Å². The lowest BCUT2D eigenvalue weighted by atomic mass is 9.45. The van der Waals surface area contributed by atoms with E-state index in [-0.39, 0.29) is 11.5 Å². The molecule has 0 spiro atoms. The fourth-order valence-corrected chi connectivity index (χ4v) is 8.27. The number of aliphatic hydroxyl groups excluding tert-OH is 1. The molecule has 2 aromatic rings. The second-order valence-electron chi connectivity index (χ2n) is 10.9. The molecule has 3 saturated carbocycles. The molecule has 2 heteroatoms. The standard InChI is InChI=1S/C26H33NO/c1-25-11-9-19(28)15-18(25)7-8-20-21(25)10-12-26(2)22(20)14-17-13-16-5-3-4-6-23(16)27-24(17)26/h3-6,13,18-22,28H,7-12,14-15H2,1-2H3/t18-,19-,20+,21?,22-,25-,26-/m0/s1. The smallest absolute Gasteiger partial charge is 0.0705 e. The van der Waals surface area contributed by atoms with Crippen LogP contribution in [0.2, 0.25) is 0 Å². The van der Waals surface area contributed by atoms with Crippen molar-refractivity contribution in [2.75, 3.05) is 0 Å². The molecular formula is C26H33NO. The monoisotopic (exact) mass is 375 g/mol. The predicted octanol–water partition coefficient (Wildman–Crippen LogP) is 5.65. The number of fused-ring (bicyclic) bond motifs is 8. The second-order valence-corrected chi connectivity index (χ2v) is 10.9. The number of pyridine rings is 1. The van der Waals surface area contributed by atoms with E-state index in [4.69, 9.17) is 4.98 Å². The summed E-state index contributed by atoms with van der Waals surface area (Å²) >= 11 is 0. The van der Waals surface area contributed by atoms with Gasteiger partial charge < -0.3 is 5.11 Å². The molecule has 2 nitrogen and oxygen atoms in total. The number of nitrogens with zero attached hydrogens (tertiary/aromatic N) is 1. The van der Waals surface area contributed by atoms with Crippen molar-refractivity contribution in [3.8, 4) is 0 Å². The molecule has 0 amide bonds. The quantitative estimate of drug-likeness (QED) is 0.645. The number of rotatable bonds is 0. The lowest BCUT2D eigenvalue weighted by Gasteiger charge is -2.60. The number of hydrogen-bond acceptors (Lipinski definition) is 2. The molecule has 0 saturated heterocycles. The Labute approximate surface area is 168 Å². The molecule has 4 aliphatic carbocycles. The topological polar surface area (TPSA) is 33.1 Å². The summed E-state index contributed by atoms with van der Waals surface area (Å²) in [6.07, 6.45) is 9.83. The highest BCUT2D eigenvalue weighted by Crippen LogP contribution is 2.65. The van der Waals surface area contributed by atoms with Gasteiger partial charge in [0.1, 0.15) is 0 Å². The minimum absolute atomic E-state index is 0.0455. The van der Waals surface area contributed by atoms with Gasteiger partial charge >= 0.3 is 0 Å². The molecule has 28 heavy (non-hydrogen) atoms. The lowest BCUT2D eigenvalue weighted by Crippen LogP contribution is -2.54. The van der Waals surface area contributed by atoms with E-state index in [0.29, 0.717) is 5.41 Å². The highest BCUT2D eigenvalue weighted by molar-refractivity contribution is 5.80. The Morgan fingerprint density at radius 2 is 1.86 bits per heavy atom. The Balaban J connectivity index is 1.39. The third kappa shape index (κ3) is 2.22. The maximum atomic E-state index is 10.3. The first-order valence-electron chi connectivity index (χ1n) is 11.6. The SMILES string of the molecule is C[C@]12CCC3[C@@H](CC[C@H]4C[C@@H](O)CC[C@]34C)[C@@H]1Cc1cc3ccccc3nc12. The molecule has 1 aromatic carbocycles. The Kier molecular flexibility index (Phi) is 3.62. The minimum atomic E-state index is -0.0455. The number of aliphatic hydroxyl groups is 1. The third-order valence-corrected chi connectivity index (χ3v) is 9.81. The summed E-state index contributed by atoms with van der Waals surface area (Å²) in [5.41, 5.74) is 4.83. The number of hydrogen-bond donors (Lipinski definition) is 1. The summed E-state index contributed by atoms with van der Waals surface area (Å²) in [6.45, 7) is 5.11. The summed E-state index contributed by atoms with van der Waals surface area (Å²) in [5, 5.41) is 11.6. The fraction of sp³-hybridized carbons (Fsp3) is 0.654. The average molecular weight is 376 g/mol. The molecule has 0 radical (unpaired) electrons. The number of para-hydroxylation sites is 1. The van der Waals surface area contributed by atoms with E-state index in [1.165, 1.54) is 60.7 Å². The van der Waals surface area contributed by atoms with Gasteiger partial charge in [0.2, 0.25) is 0 Å². The van der Waals surface area contributed by atoms with Crippen molar-refractivity contribution in [3.05, 3.63) is 41.6 Å². The van der Waals surface area contributed by atoms with Crippen LogP contribution in [-0.2, 0) is 11.8 Å². The second kappa shape index (κ2) is 5.81. The van der Waals surface area contributed by atoms with Gasteiger partial charge in [-0.25, -0.2) is 0 Å². The van der Waals surface area contributed by atoms with Crippen LogP contribution in [0.3, 0.4) is 0 Å². The van der Waals surface area contributed by atoms with Gasteiger partial charge in [-0.05, 0) is 98.1 Å². The van der Waals surface area contributed by atoms with E-state index in [1.807, 2.05) is 0 Å². The first-order chi connectivity index (χ1) is 13.5. The van der Waals surface area contributed by atoms with Gasteiger partial charge in [0.25, 0.3) is 0 Å². The Morgan fingerprint density at radius 3 is 2.75 bits per heavy atom. The Hall–Kier alpha value is -1.41. The van der Waals surface area contributed by atoms with Crippen molar-refractivity contribution in [3.63, 3.8) is 0 Å². The minimum Gasteiger partial charge on any atom is -0.393 e. The van der Waals surface area contributed by atoms with Crippen LogP contribution in [-0.4, -0.2) is 16.2 Å². The van der Waals surface area contributed by atoms with Crippen LogP contribution >= 0.6 is 0 Å². The molecule has 0 aliphatic heterocycles. The average Bonchev–Trinajstić information content (AvgIpc) is 2.99. The zero-order valence-electron chi connectivity index (χ0n) is 17.3. The van der Waals surface area contributed by atoms with E-state index < -0.39 is 0 Å². The summed E-state index contributed by atoms with van der Waals surface area (Å²) in [7, 11) is 0. The van der Waals surface area contributed by atoms with Crippen molar-refractivity contribution in [2.24, 2.45) is 29.1 Å². The number of benzene rings is 1. The van der Waals surface area contributed by atoms with Gasteiger partial charge in [0, 0.05) is 10.8 Å². The normalized spacial score (nSPS) is 44.5. The van der Waals surface area contributed by atoms with Crippen LogP contribution in [0.15, 0.2) is 30.3 Å². The largest absolute Gasteiger partial charge is 0.393 e. The molecule has 1 N–H and O–H groups in total. The first kappa shape index (κ1) is 17.4. The Morgan fingerprint density at radius 1 is 1.00 bits per heavy atom. The maximum Gasteiger partial charge on any atom is 0.0705 e. The van der Waals surface area contributed by atoms with Crippen LogP contribution in [0.25, 0.3) is 10.9 Å². The molecule has 148 valence electrons. The summed E-state index contributed by atoms with van der Waals surface area (Å²) in [5.74, 6) is 3.19. The van der Waals surface area contributed by atoms with E-state index in [2.05, 4.69) is 44.2 Å². The summed E-state index contributed by atoms with van der Waals surface area (Å²) in [4.78, 5) is 5.23. The lowest BCUT2D eigenvalue weighted by molar-refractivity contribution is -0.111. The molecule has 6 rings (SSSR count). The van der Waals surface area contributed by atoms with Crippen molar-refractivity contribution < 1.29 is 5.11 Å². The van der Waals surface area contributed by atoms with Gasteiger partial charge in [-0.1, -0.05) is 32.0 Å². The van der Waals surface area contributed by atoms with Crippen LogP contribution in [0, 0.1) is 29.1 Å². The van der Waals surface area contributed by atoms with Crippen LogP contribution in [0.4, 0.5) is 0 Å². The highest BCUT2D eigenvalue weighted by Gasteiger charge is 2.59. The van der Waals surface area contributed by atoms with E-state index in [0.717, 1.165) is 36.5 Å². The van der Waals surface area contributed by atoms with Gasteiger partial charge in [0.15, 0.2) is 0 Å². The molecule has 1 aromatic heterocycles. The van der Waals surface area contributed by atoms with Gasteiger partial charge in [-0.3, -0.25) is 4.98 Å². The predicted molar refractivity (Wildman–Crippen MR) is 113 cm³/mol. The highest BCUT2D eigenvalue weighted by atomic mass is 16.3. The van der Waals surface area contributed by atoms with Gasteiger partial charge in [-0.2, -0.15) is 0 Å². The number of aromatic nitrogens is 1. The third-order valence-electron chi connectivity index (χ3n) is 9.81. The van der Waals surface area contributed by atoms with Crippen molar-refractivity contribution >= 4 is 10.9 Å². The van der Waals surface area contributed by atoms with E-state index in [9.17, 15) is 5.11 Å². The van der Waals surface area contributed by atoms with E-state index >= 15 is 0 Å². The zero-order chi connectivity index (χ0) is 19.1. The van der Waals surface area contributed by atoms with Crippen LogP contribution in [0.1, 0.15) is 70.1 Å². The van der Waals surface area contributed by atoms with Crippen molar-refractivity contribution in [1.82, 2.24) is 4.98 Å². The van der Waals surface area contributed by atoms with Crippen molar-refractivity contribution in [1.29, 1.82) is 0 Å². The first-order valence-corrected chi connectivity index (χ1v) is 11.6. The van der Waals surface area contributed by atoms with Crippen LogP contribution < -0.4 is 0 Å². The molecule has 7 atom stereocenters. The maximum absolute atomic E-state index is 10.3. The Bertz CT molecular complexity index is 937.